The standard InChI is InChI=1S/C17H23ClN2O/c1-5-14-17(18)15(20(6-2)19-14)10-16(21)13-8-7-11(3)12(4)9-13/h7-9,16,21H,5-6,10H2,1-4H3. The summed E-state index contributed by atoms with van der Waals surface area (Å²) in [6, 6.07) is 6.07. The van der Waals surface area contributed by atoms with Crippen LogP contribution in [0.1, 0.15) is 48.0 Å². The smallest absolute Gasteiger partial charge is 0.0851 e. The molecule has 0 amide bonds. The summed E-state index contributed by atoms with van der Waals surface area (Å²) in [6.45, 7) is 8.97. The SMILES string of the molecule is CCc1nn(CC)c(CC(O)c2ccc(C)c(C)c2)c1Cl. The molecule has 1 heterocycles. The molecule has 0 saturated carbocycles. The predicted molar refractivity (Wildman–Crippen MR) is 86.9 cm³/mol. The van der Waals surface area contributed by atoms with Crippen molar-refractivity contribution >= 4 is 11.6 Å². The van der Waals surface area contributed by atoms with Gasteiger partial charge in [0, 0.05) is 13.0 Å². The molecule has 0 fully saturated rings. The molecule has 0 saturated heterocycles. The molecular formula is C17H23ClN2O. The van der Waals surface area contributed by atoms with Gasteiger partial charge in [0.2, 0.25) is 0 Å². The molecular weight excluding hydrogens is 284 g/mol. The lowest BCUT2D eigenvalue weighted by Gasteiger charge is -2.14. The minimum Gasteiger partial charge on any atom is -0.388 e. The number of aliphatic hydroxyl groups excluding tert-OH is 1. The Morgan fingerprint density at radius 3 is 2.52 bits per heavy atom. The molecule has 0 aliphatic rings. The number of aryl methyl sites for hydroxylation is 4. The highest BCUT2D eigenvalue weighted by atomic mass is 35.5. The van der Waals surface area contributed by atoms with E-state index in [2.05, 4.69) is 18.9 Å². The number of benzene rings is 1. The van der Waals surface area contributed by atoms with Crippen LogP contribution < -0.4 is 0 Å². The Hall–Kier alpha value is -1.32. The van der Waals surface area contributed by atoms with Crippen molar-refractivity contribution in [1.29, 1.82) is 0 Å². The van der Waals surface area contributed by atoms with E-state index in [9.17, 15) is 5.11 Å². The molecule has 4 heteroatoms. The van der Waals surface area contributed by atoms with Gasteiger partial charge in [0.1, 0.15) is 0 Å². The summed E-state index contributed by atoms with van der Waals surface area (Å²) in [5.41, 5.74) is 5.17. The van der Waals surface area contributed by atoms with Crippen molar-refractivity contribution in [2.45, 2.75) is 53.2 Å². The van der Waals surface area contributed by atoms with Crippen molar-refractivity contribution in [1.82, 2.24) is 9.78 Å². The fourth-order valence-corrected chi connectivity index (χ4v) is 2.83. The number of aromatic nitrogens is 2. The van der Waals surface area contributed by atoms with E-state index in [0.29, 0.717) is 11.4 Å². The Morgan fingerprint density at radius 1 is 1.24 bits per heavy atom. The second-order valence-electron chi connectivity index (χ2n) is 5.44. The van der Waals surface area contributed by atoms with Gasteiger partial charge in [0.05, 0.1) is 22.5 Å². The topological polar surface area (TPSA) is 38.0 Å². The lowest BCUT2D eigenvalue weighted by Crippen LogP contribution is -2.09. The van der Waals surface area contributed by atoms with Gasteiger partial charge in [-0.05, 0) is 43.9 Å². The third-order valence-electron chi connectivity index (χ3n) is 4.00. The van der Waals surface area contributed by atoms with Crippen LogP contribution in [0.3, 0.4) is 0 Å². The molecule has 2 rings (SSSR count). The molecule has 2 aromatic rings. The number of hydrogen-bond donors (Lipinski definition) is 1. The van der Waals surface area contributed by atoms with Gasteiger partial charge in [-0.15, -0.1) is 0 Å². The summed E-state index contributed by atoms with van der Waals surface area (Å²) in [4.78, 5) is 0. The lowest BCUT2D eigenvalue weighted by atomic mass is 10.00. The molecule has 0 spiro atoms. The Bertz CT molecular complexity index is 634. The van der Waals surface area contributed by atoms with Crippen molar-refractivity contribution in [3.63, 3.8) is 0 Å². The Morgan fingerprint density at radius 2 is 1.95 bits per heavy atom. The van der Waals surface area contributed by atoms with Gasteiger partial charge in [-0.25, -0.2) is 0 Å². The van der Waals surface area contributed by atoms with Crippen molar-refractivity contribution in [3.05, 3.63) is 51.3 Å². The van der Waals surface area contributed by atoms with Crippen LogP contribution in [0.4, 0.5) is 0 Å². The Kier molecular flexibility index (Phi) is 5.07. The van der Waals surface area contributed by atoms with Crippen LogP contribution in [0, 0.1) is 13.8 Å². The molecule has 1 atom stereocenters. The first-order valence-electron chi connectivity index (χ1n) is 7.47. The number of aliphatic hydroxyl groups is 1. The quantitative estimate of drug-likeness (QED) is 0.906. The van der Waals surface area contributed by atoms with Crippen LogP contribution >= 0.6 is 11.6 Å². The van der Waals surface area contributed by atoms with E-state index < -0.39 is 6.10 Å². The van der Waals surface area contributed by atoms with Crippen molar-refractivity contribution in [2.75, 3.05) is 0 Å². The van der Waals surface area contributed by atoms with Crippen LogP contribution in [0.2, 0.25) is 5.02 Å². The summed E-state index contributed by atoms with van der Waals surface area (Å²) >= 11 is 6.40. The Labute approximate surface area is 131 Å². The average molecular weight is 307 g/mol. The van der Waals surface area contributed by atoms with Crippen LogP contribution in [-0.2, 0) is 19.4 Å². The maximum atomic E-state index is 10.5. The van der Waals surface area contributed by atoms with E-state index in [1.165, 1.54) is 11.1 Å². The predicted octanol–water partition coefficient (Wildman–Crippen LogP) is 4.01. The van der Waals surface area contributed by atoms with E-state index in [-0.39, 0.29) is 0 Å². The summed E-state index contributed by atoms with van der Waals surface area (Å²) in [7, 11) is 0. The largest absolute Gasteiger partial charge is 0.388 e. The molecule has 1 aromatic carbocycles. The fourth-order valence-electron chi connectivity index (χ4n) is 2.49. The minimum atomic E-state index is -0.562. The zero-order valence-corrected chi connectivity index (χ0v) is 13.9. The van der Waals surface area contributed by atoms with Gasteiger partial charge in [-0.3, -0.25) is 4.68 Å². The van der Waals surface area contributed by atoms with E-state index >= 15 is 0 Å². The summed E-state index contributed by atoms with van der Waals surface area (Å²) in [5, 5.41) is 15.7. The molecule has 0 radical (unpaired) electrons. The number of nitrogens with zero attached hydrogens (tertiary/aromatic N) is 2. The molecule has 114 valence electrons. The first-order valence-corrected chi connectivity index (χ1v) is 7.84. The van der Waals surface area contributed by atoms with Gasteiger partial charge in [0.15, 0.2) is 0 Å². The normalized spacial score (nSPS) is 12.7. The zero-order chi connectivity index (χ0) is 15.6. The molecule has 21 heavy (non-hydrogen) atoms. The third kappa shape index (κ3) is 3.30. The average Bonchev–Trinajstić information content (AvgIpc) is 2.78. The summed E-state index contributed by atoms with van der Waals surface area (Å²) in [5.74, 6) is 0. The number of hydrogen-bond acceptors (Lipinski definition) is 2. The van der Waals surface area contributed by atoms with Crippen molar-refractivity contribution in [2.24, 2.45) is 0 Å². The van der Waals surface area contributed by atoms with Crippen LogP contribution in [0.15, 0.2) is 18.2 Å². The molecule has 0 aliphatic carbocycles. The van der Waals surface area contributed by atoms with Crippen molar-refractivity contribution < 1.29 is 5.11 Å². The highest BCUT2D eigenvalue weighted by molar-refractivity contribution is 6.31. The third-order valence-corrected chi connectivity index (χ3v) is 4.43. The first kappa shape index (κ1) is 16.1. The second kappa shape index (κ2) is 6.63. The number of halogens is 1. The van der Waals surface area contributed by atoms with Crippen molar-refractivity contribution in [3.8, 4) is 0 Å². The molecule has 0 aliphatic heterocycles. The van der Waals surface area contributed by atoms with Gasteiger partial charge in [0.25, 0.3) is 0 Å². The Balaban J connectivity index is 2.28. The molecule has 1 unspecified atom stereocenters. The first-order chi connectivity index (χ1) is 9.97. The van der Waals surface area contributed by atoms with Gasteiger partial charge >= 0.3 is 0 Å². The second-order valence-corrected chi connectivity index (χ2v) is 5.82. The van der Waals surface area contributed by atoms with Crippen LogP contribution in [-0.4, -0.2) is 14.9 Å². The zero-order valence-electron chi connectivity index (χ0n) is 13.2. The van der Waals surface area contributed by atoms with E-state index in [1.807, 2.05) is 36.7 Å². The molecule has 1 aromatic heterocycles. The molecule has 1 N–H and O–H groups in total. The van der Waals surface area contributed by atoms with Crippen LogP contribution in [0.25, 0.3) is 0 Å². The minimum absolute atomic E-state index is 0.488. The molecule has 0 bridgehead atoms. The number of rotatable bonds is 5. The lowest BCUT2D eigenvalue weighted by molar-refractivity contribution is 0.175. The highest BCUT2D eigenvalue weighted by Gasteiger charge is 2.18. The van der Waals surface area contributed by atoms with Gasteiger partial charge in [-0.2, -0.15) is 5.10 Å². The maximum absolute atomic E-state index is 10.5. The maximum Gasteiger partial charge on any atom is 0.0851 e. The van der Waals surface area contributed by atoms with E-state index in [1.54, 1.807) is 0 Å². The van der Waals surface area contributed by atoms with Gasteiger partial charge in [-0.1, -0.05) is 36.7 Å². The summed E-state index contributed by atoms with van der Waals surface area (Å²) in [6.07, 6.45) is 0.731. The van der Waals surface area contributed by atoms with E-state index in [0.717, 1.165) is 29.9 Å². The van der Waals surface area contributed by atoms with Gasteiger partial charge < -0.3 is 5.11 Å². The molecule has 3 nitrogen and oxygen atoms in total. The fraction of sp³-hybridized carbons (Fsp3) is 0.471. The highest BCUT2D eigenvalue weighted by Crippen LogP contribution is 2.27. The van der Waals surface area contributed by atoms with Crippen LogP contribution in [0.5, 0.6) is 0 Å². The monoisotopic (exact) mass is 306 g/mol. The summed E-state index contributed by atoms with van der Waals surface area (Å²) < 4.78 is 1.89. The van der Waals surface area contributed by atoms with E-state index in [4.69, 9.17) is 11.6 Å².